The third-order valence-electron chi connectivity index (χ3n) is 4.15. The van der Waals surface area contributed by atoms with Gasteiger partial charge in [-0.25, -0.2) is 4.98 Å². The molecule has 2 N–H and O–H groups in total. The maximum absolute atomic E-state index is 12.6. The van der Waals surface area contributed by atoms with E-state index in [9.17, 15) is 14.7 Å². The van der Waals surface area contributed by atoms with Gasteiger partial charge in [0.25, 0.3) is 5.91 Å². The van der Waals surface area contributed by atoms with Gasteiger partial charge in [-0.15, -0.1) is 11.3 Å². The number of ether oxygens (including phenoxy) is 1. The molecule has 1 aromatic carbocycles. The number of amides is 1. The van der Waals surface area contributed by atoms with Crippen LogP contribution in [-0.4, -0.2) is 40.7 Å². The van der Waals surface area contributed by atoms with E-state index in [-0.39, 0.29) is 18.0 Å². The minimum absolute atomic E-state index is 0.129. The fourth-order valence-electron chi connectivity index (χ4n) is 2.81. The maximum Gasteiger partial charge on any atom is 0.305 e. The Morgan fingerprint density at radius 1 is 1.28 bits per heavy atom. The highest BCUT2D eigenvalue weighted by Crippen LogP contribution is 2.27. The number of nitrogens with one attached hydrogen (secondary N) is 1. The zero-order valence-corrected chi connectivity index (χ0v) is 14.9. The minimum Gasteiger partial charge on any atom is -0.481 e. The molecule has 1 fully saturated rings. The van der Waals surface area contributed by atoms with Gasteiger partial charge in [-0.1, -0.05) is 23.7 Å². The Labute approximate surface area is 153 Å². The lowest BCUT2D eigenvalue weighted by molar-refractivity contribution is -0.139. The SMILES string of the molecule is O=C(O)CC1(NC(=O)c2csc(-c3ccc(Cl)cc3)n2)CCOCC1. The van der Waals surface area contributed by atoms with Crippen LogP contribution in [0.5, 0.6) is 0 Å². The fraction of sp³-hybridized carbons (Fsp3) is 0.353. The molecule has 1 aromatic heterocycles. The molecule has 25 heavy (non-hydrogen) atoms. The van der Waals surface area contributed by atoms with Crippen molar-refractivity contribution in [1.29, 1.82) is 0 Å². The number of aliphatic carboxylic acids is 1. The summed E-state index contributed by atoms with van der Waals surface area (Å²) in [7, 11) is 0. The summed E-state index contributed by atoms with van der Waals surface area (Å²) in [4.78, 5) is 28.1. The Hall–Kier alpha value is -1.96. The van der Waals surface area contributed by atoms with E-state index in [1.165, 1.54) is 11.3 Å². The average Bonchev–Trinajstić information content (AvgIpc) is 3.05. The number of rotatable bonds is 5. The molecule has 1 aliphatic rings. The molecule has 2 aromatic rings. The lowest BCUT2D eigenvalue weighted by Gasteiger charge is -2.36. The molecule has 0 saturated carbocycles. The first-order valence-corrected chi connectivity index (χ1v) is 9.07. The summed E-state index contributed by atoms with van der Waals surface area (Å²) in [6, 6.07) is 7.21. The van der Waals surface area contributed by atoms with Crippen LogP contribution in [0.2, 0.25) is 5.02 Å². The summed E-state index contributed by atoms with van der Waals surface area (Å²) in [5, 5.41) is 15.1. The molecule has 1 amide bonds. The van der Waals surface area contributed by atoms with Crippen molar-refractivity contribution in [2.75, 3.05) is 13.2 Å². The van der Waals surface area contributed by atoms with Crippen LogP contribution in [0.25, 0.3) is 10.6 Å². The van der Waals surface area contributed by atoms with Crippen LogP contribution in [0.3, 0.4) is 0 Å². The molecule has 1 aliphatic heterocycles. The fourth-order valence-corrected chi connectivity index (χ4v) is 3.74. The van der Waals surface area contributed by atoms with Gasteiger partial charge < -0.3 is 15.2 Å². The second-order valence-electron chi connectivity index (χ2n) is 5.96. The molecular formula is C17H17ClN2O4S. The monoisotopic (exact) mass is 380 g/mol. The maximum atomic E-state index is 12.6. The number of hydrogen-bond acceptors (Lipinski definition) is 5. The molecule has 0 atom stereocenters. The Kier molecular flexibility index (Phi) is 5.36. The number of hydrogen-bond donors (Lipinski definition) is 2. The van der Waals surface area contributed by atoms with E-state index >= 15 is 0 Å². The standard InChI is InChI=1S/C17H17ClN2O4S/c18-12-3-1-11(2-4-12)16-19-13(10-25-16)15(23)20-17(9-14(21)22)5-7-24-8-6-17/h1-4,10H,5-9H2,(H,20,23)(H,21,22). The second kappa shape index (κ2) is 7.51. The van der Waals surface area contributed by atoms with E-state index in [1.807, 2.05) is 12.1 Å². The summed E-state index contributed by atoms with van der Waals surface area (Å²) in [6.07, 6.45) is 0.814. The van der Waals surface area contributed by atoms with Gasteiger partial charge in [0.05, 0.1) is 12.0 Å². The smallest absolute Gasteiger partial charge is 0.305 e. The van der Waals surface area contributed by atoms with Crippen molar-refractivity contribution in [2.45, 2.75) is 24.8 Å². The summed E-state index contributed by atoms with van der Waals surface area (Å²) < 4.78 is 5.30. The molecular weight excluding hydrogens is 364 g/mol. The largest absolute Gasteiger partial charge is 0.481 e. The van der Waals surface area contributed by atoms with Crippen molar-refractivity contribution in [3.63, 3.8) is 0 Å². The van der Waals surface area contributed by atoms with Gasteiger partial charge in [-0.3, -0.25) is 9.59 Å². The molecule has 8 heteroatoms. The first-order valence-electron chi connectivity index (χ1n) is 7.81. The lowest BCUT2D eigenvalue weighted by atomic mass is 9.86. The van der Waals surface area contributed by atoms with Gasteiger partial charge in [0.1, 0.15) is 10.7 Å². The number of benzene rings is 1. The third-order valence-corrected chi connectivity index (χ3v) is 5.29. The van der Waals surface area contributed by atoms with E-state index in [2.05, 4.69) is 10.3 Å². The summed E-state index contributed by atoms with van der Waals surface area (Å²) >= 11 is 7.24. The van der Waals surface area contributed by atoms with E-state index in [0.29, 0.717) is 36.1 Å². The molecule has 0 radical (unpaired) electrons. The van der Waals surface area contributed by atoms with Crippen LogP contribution >= 0.6 is 22.9 Å². The molecule has 0 bridgehead atoms. The zero-order valence-electron chi connectivity index (χ0n) is 13.3. The number of carboxylic acid groups (broad SMARTS) is 1. The van der Waals surface area contributed by atoms with Crippen molar-refractivity contribution in [2.24, 2.45) is 0 Å². The van der Waals surface area contributed by atoms with Gasteiger partial charge in [0.2, 0.25) is 0 Å². The van der Waals surface area contributed by atoms with Crippen LogP contribution in [0.1, 0.15) is 29.8 Å². The van der Waals surface area contributed by atoms with Crippen molar-refractivity contribution >= 4 is 34.8 Å². The number of thiazole rings is 1. The lowest BCUT2D eigenvalue weighted by Crippen LogP contribution is -2.53. The highest BCUT2D eigenvalue weighted by Gasteiger charge is 2.37. The topological polar surface area (TPSA) is 88.5 Å². The number of halogens is 1. The van der Waals surface area contributed by atoms with Crippen LogP contribution in [-0.2, 0) is 9.53 Å². The van der Waals surface area contributed by atoms with E-state index < -0.39 is 11.5 Å². The van der Waals surface area contributed by atoms with Crippen LogP contribution in [0.15, 0.2) is 29.6 Å². The number of aromatic nitrogens is 1. The molecule has 0 aliphatic carbocycles. The van der Waals surface area contributed by atoms with Crippen molar-refractivity contribution in [3.05, 3.63) is 40.4 Å². The summed E-state index contributed by atoms with van der Waals surface area (Å²) in [5.41, 5.74) is 0.372. The Balaban J connectivity index is 1.76. The number of nitrogens with zero attached hydrogens (tertiary/aromatic N) is 1. The molecule has 6 nitrogen and oxygen atoms in total. The Bertz CT molecular complexity index is 769. The van der Waals surface area contributed by atoms with Crippen molar-refractivity contribution in [3.8, 4) is 10.6 Å². The first-order chi connectivity index (χ1) is 12.0. The van der Waals surface area contributed by atoms with Gasteiger partial charge in [-0.2, -0.15) is 0 Å². The Morgan fingerprint density at radius 2 is 1.96 bits per heavy atom. The van der Waals surface area contributed by atoms with Gasteiger partial charge in [0, 0.05) is 29.2 Å². The van der Waals surface area contributed by atoms with Gasteiger partial charge in [-0.05, 0) is 25.0 Å². The molecule has 3 rings (SSSR count). The molecule has 0 unspecified atom stereocenters. The zero-order chi connectivity index (χ0) is 17.9. The normalized spacial score (nSPS) is 16.4. The second-order valence-corrected chi connectivity index (χ2v) is 7.26. The van der Waals surface area contributed by atoms with Crippen LogP contribution < -0.4 is 5.32 Å². The number of carbonyl (C=O) groups excluding carboxylic acids is 1. The van der Waals surface area contributed by atoms with Crippen LogP contribution in [0, 0.1) is 0 Å². The van der Waals surface area contributed by atoms with Crippen molar-refractivity contribution < 1.29 is 19.4 Å². The quantitative estimate of drug-likeness (QED) is 0.831. The van der Waals surface area contributed by atoms with Gasteiger partial charge >= 0.3 is 5.97 Å². The number of carbonyl (C=O) groups is 2. The van der Waals surface area contributed by atoms with E-state index in [4.69, 9.17) is 16.3 Å². The average molecular weight is 381 g/mol. The predicted molar refractivity (Wildman–Crippen MR) is 95.1 cm³/mol. The highest BCUT2D eigenvalue weighted by molar-refractivity contribution is 7.13. The summed E-state index contributed by atoms with van der Waals surface area (Å²) in [6.45, 7) is 0.862. The predicted octanol–water partition coefficient (Wildman–Crippen LogP) is 3.22. The third kappa shape index (κ3) is 4.36. The first kappa shape index (κ1) is 17.8. The molecule has 1 saturated heterocycles. The van der Waals surface area contributed by atoms with Crippen LogP contribution in [0.4, 0.5) is 0 Å². The van der Waals surface area contributed by atoms with Crippen molar-refractivity contribution in [1.82, 2.24) is 10.3 Å². The minimum atomic E-state index is -0.942. The highest BCUT2D eigenvalue weighted by atomic mass is 35.5. The molecule has 132 valence electrons. The molecule has 2 heterocycles. The van der Waals surface area contributed by atoms with Gasteiger partial charge in [0.15, 0.2) is 0 Å². The Morgan fingerprint density at radius 3 is 2.60 bits per heavy atom. The summed E-state index contributed by atoms with van der Waals surface area (Å²) in [5.74, 6) is -1.30. The molecule has 0 spiro atoms. The van der Waals surface area contributed by atoms with E-state index in [1.54, 1.807) is 17.5 Å². The van der Waals surface area contributed by atoms with E-state index in [0.717, 1.165) is 5.56 Å². The number of carboxylic acids is 1.